The van der Waals surface area contributed by atoms with Gasteiger partial charge in [-0.25, -0.2) is 0 Å². The maximum Gasteiger partial charge on any atom is 0.433 e. The van der Waals surface area contributed by atoms with Crippen LogP contribution in [0.2, 0.25) is 0 Å². The number of nitrogens with zero attached hydrogens (tertiary/aromatic N) is 2. The van der Waals surface area contributed by atoms with E-state index in [9.17, 15) is 18.0 Å². The molecule has 154 valence electrons. The molecular formula is C19H21F3N6O. The number of aromatic amines is 1. The van der Waals surface area contributed by atoms with Crippen LogP contribution in [0.4, 0.5) is 13.2 Å². The second-order valence-corrected chi connectivity index (χ2v) is 6.31. The van der Waals surface area contributed by atoms with Crippen LogP contribution >= 0.6 is 0 Å². The molecule has 1 unspecified atom stereocenters. The third kappa shape index (κ3) is 5.09. The van der Waals surface area contributed by atoms with Crippen LogP contribution in [0.5, 0.6) is 0 Å². The van der Waals surface area contributed by atoms with Crippen molar-refractivity contribution < 1.29 is 18.0 Å². The number of hydrogen-bond acceptors (Lipinski definition) is 5. The number of hydrogen-bond donors (Lipinski definition) is 4. The summed E-state index contributed by atoms with van der Waals surface area (Å²) in [6.07, 6.45) is 2.01. The highest BCUT2D eigenvalue weighted by atomic mass is 19.4. The second kappa shape index (κ2) is 9.18. The Morgan fingerprint density at radius 1 is 1.41 bits per heavy atom. The molecule has 2 heterocycles. The average Bonchev–Trinajstić information content (AvgIpc) is 3.15. The highest BCUT2D eigenvalue weighted by Gasteiger charge is 2.37. The zero-order valence-corrected chi connectivity index (χ0v) is 15.7. The van der Waals surface area contributed by atoms with Gasteiger partial charge in [-0.05, 0) is 37.5 Å². The molecule has 0 fully saturated rings. The maximum absolute atomic E-state index is 13.0. The molecular weight excluding hydrogens is 385 g/mol. The number of amides is 1. The van der Waals surface area contributed by atoms with Gasteiger partial charge in [-0.1, -0.05) is 6.58 Å². The smallest absolute Gasteiger partial charge is 0.404 e. The summed E-state index contributed by atoms with van der Waals surface area (Å²) in [6, 6.07) is 1.33. The summed E-state index contributed by atoms with van der Waals surface area (Å²) in [5, 5.41) is 16.8. The van der Waals surface area contributed by atoms with E-state index < -0.39 is 17.5 Å². The minimum atomic E-state index is -4.85. The van der Waals surface area contributed by atoms with E-state index in [0.29, 0.717) is 41.6 Å². The first-order valence-electron chi connectivity index (χ1n) is 8.66. The molecule has 29 heavy (non-hydrogen) atoms. The minimum absolute atomic E-state index is 0.0618. The summed E-state index contributed by atoms with van der Waals surface area (Å²) in [6.45, 7) is 5.52. The standard InChI is InChI=1S/C19H21F3N6O/c1-3-16-15(9-27-28-16)14-8-25-17(13(7-23)18(24)19(20,21)22)6-12(14)5-4-11(2)26-10-29/h3,6-11,24H,1,4-5,23H2,2H3,(H,26,29)(H,27,28)/b13-7-,24-18?. The third-order valence-electron chi connectivity index (χ3n) is 4.35. The van der Waals surface area contributed by atoms with Gasteiger partial charge >= 0.3 is 6.18 Å². The number of pyridine rings is 1. The Hall–Kier alpha value is -3.43. The Bertz CT molecular complexity index is 932. The van der Waals surface area contributed by atoms with Crippen molar-refractivity contribution in [1.29, 1.82) is 5.41 Å². The lowest BCUT2D eigenvalue weighted by molar-refractivity contribution is -0.110. The van der Waals surface area contributed by atoms with Crippen LogP contribution in [0.3, 0.4) is 0 Å². The Morgan fingerprint density at radius 3 is 2.72 bits per heavy atom. The van der Waals surface area contributed by atoms with Crippen LogP contribution in [-0.2, 0) is 11.2 Å². The van der Waals surface area contributed by atoms with E-state index in [0.717, 1.165) is 6.20 Å². The number of allylic oxidation sites excluding steroid dienone is 1. The lowest BCUT2D eigenvalue weighted by Crippen LogP contribution is -2.25. The molecule has 1 atom stereocenters. The van der Waals surface area contributed by atoms with Crippen LogP contribution < -0.4 is 11.1 Å². The number of nitrogens with two attached hydrogens (primary N) is 1. The quantitative estimate of drug-likeness (QED) is 0.378. The summed E-state index contributed by atoms with van der Waals surface area (Å²) < 4.78 is 39.0. The molecule has 2 aromatic rings. The number of alkyl halides is 3. The molecule has 0 aromatic carbocycles. The van der Waals surface area contributed by atoms with Gasteiger partial charge in [0.2, 0.25) is 6.41 Å². The SMILES string of the molecule is C=Cc1[nH]ncc1-c1cnc(/C(=C/N)C(=N)C(F)(F)F)cc1CCC(C)NC=O. The number of H-pyrrole nitrogens is 1. The highest BCUT2D eigenvalue weighted by Crippen LogP contribution is 2.31. The van der Waals surface area contributed by atoms with Crippen molar-refractivity contribution in [3.63, 3.8) is 0 Å². The monoisotopic (exact) mass is 406 g/mol. The van der Waals surface area contributed by atoms with Crippen molar-refractivity contribution in [3.05, 3.63) is 48.2 Å². The van der Waals surface area contributed by atoms with Gasteiger partial charge in [-0.2, -0.15) is 18.3 Å². The van der Waals surface area contributed by atoms with Gasteiger partial charge < -0.3 is 11.1 Å². The van der Waals surface area contributed by atoms with E-state index in [4.69, 9.17) is 11.1 Å². The fraction of sp³-hybridized carbons (Fsp3) is 0.263. The van der Waals surface area contributed by atoms with E-state index in [-0.39, 0.29) is 11.7 Å². The normalized spacial score (nSPS) is 13.0. The first-order valence-corrected chi connectivity index (χ1v) is 8.66. The van der Waals surface area contributed by atoms with Crippen LogP contribution in [0.15, 0.2) is 31.2 Å². The Morgan fingerprint density at radius 2 is 2.14 bits per heavy atom. The second-order valence-electron chi connectivity index (χ2n) is 6.31. The number of nitrogens with one attached hydrogen (secondary N) is 3. The van der Waals surface area contributed by atoms with Gasteiger partial charge in [0, 0.05) is 35.1 Å². The molecule has 0 saturated carbocycles. The van der Waals surface area contributed by atoms with Gasteiger partial charge in [-0.3, -0.25) is 20.3 Å². The number of halogens is 3. The van der Waals surface area contributed by atoms with Crippen molar-refractivity contribution in [2.24, 2.45) is 5.73 Å². The molecule has 10 heteroatoms. The number of carbonyl (C=O) groups excluding carboxylic acids is 1. The topological polar surface area (TPSA) is 121 Å². The molecule has 7 nitrogen and oxygen atoms in total. The maximum atomic E-state index is 13.0. The Kier molecular flexibility index (Phi) is 6.92. The zero-order valence-electron chi connectivity index (χ0n) is 15.7. The Labute approximate surface area is 165 Å². The molecule has 2 rings (SSSR count). The van der Waals surface area contributed by atoms with E-state index >= 15 is 0 Å². The molecule has 0 aliphatic rings. The van der Waals surface area contributed by atoms with Crippen molar-refractivity contribution in [2.75, 3.05) is 0 Å². The van der Waals surface area contributed by atoms with Gasteiger partial charge in [0.1, 0.15) is 5.71 Å². The highest BCUT2D eigenvalue weighted by molar-refractivity contribution is 6.24. The van der Waals surface area contributed by atoms with Crippen molar-refractivity contribution in [2.45, 2.75) is 32.0 Å². The minimum Gasteiger partial charge on any atom is -0.404 e. The summed E-state index contributed by atoms with van der Waals surface area (Å²) in [7, 11) is 0. The van der Waals surface area contributed by atoms with Crippen LogP contribution in [0, 0.1) is 5.41 Å². The molecule has 2 aromatic heterocycles. The number of aromatic nitrogens is 3. The lowest BCUT2D eigenvalue weighted by atomic mass is 9.95. The zero-order chi connectivity index (χ0) is 21.6. The molecule has 0 bridgehead atoms. The molecule has 5 N–H and O–H groups in total. The molecule has 0 radical (unpaired) electrons. The molecule has 0 spiro atoms. The average molecular weight is 406 g/mol. The van der Waals surface area contributed by atoms with E-state index in [1.54, 1.807) is 12.3 Å². The van der Waals surface area contributed by atoms with Gasteiger partial charge in [-0.15, -0.1) is 0 Å². The summed E-state index contributed by atoms with van der Waals surface area (Å²) in [5.74, 6) is 0. The molecule has 0 aliphatic carbocycles. The van der Waals surface area contributed by atoms with Gasteiger partial charge in [0.25, 0.3) is 0 Å². The predicted molar refractivity (Wildman–Crippen MR) is 105 cm³/mol. The van der Waals surface area contributed by atoms with Crippen molar-refractivity contribution >= 4 is 23.8 Å². The van der Waals surface area contributed by atoms with Crippen LogP contribution in [-0.4, -0.2) is 39.5 Å². The summed E-state index contributed by atoms with van der Waals surface area (Å²) in [5.41, 5.74) is 5.88. The predicted octanol–water partition coefficient (Wildman–Crippen LogP) is 3.06. The van der Waals surface area contributed by atoms with Crippen LogP contribution in [0.1, 0.15) is 30.3 Å². The number of aryl methyl sites for hydroxylation is 1. The molecule has 1 amide bonds. The van der Waals surface area contributed by atoms with E-state index in [2.05, 4.69) is 27.1 Å². The fourth-order valence-corrected chi connectivity index (χ4v) is 2.78. The molecule has 0 aliphatic heterocycles. The summed E-state index contributed by atoms with van der Waals surface area (Å²) in [4.78, 5) is 14.7. The first-order chi connectivity index (χ1) is 13.7. The van der Waals surface area contributed by atoms with E-state index in [1.165, 1.54) is 12.3 Å². The van der Waals surface area contributed by atoms with Gasteiger partial charge in [0.15, 0.2) is 0 Å². The fourth-order valence-electron chi connectivity index (χ4n) is 2.78. The Balaban J connectivity index is 2.52. The van der Waals surface area contributed by atoms with Crippen molar-refractivity contribution in [3.8, 4) is 11.1 Å². The van der Waals surface area contributed by atoms with E-state index in [1.807, 2.05) is 6.92 Å². The van der Waals surface area contributed by atoms with Gasteiger partial charge in [0.05, 0.1) is 17.6 Å². The number of carbonyl (C=O) groups is 1. The van der Waals surface area contributed by atoms with Crippen LogP contribution in [0.25, 0.3) is 22.8 Å². The number of rotatable bonds is 9. The third-order valence-corrected chi connectivity index (χ3v) is 4.35. The molecule has 0 saturated heterocycles. The first kappa shape index (κ1) is 21.9. The lowest BCUT2D eigenvalue weighted by Gasteiger charge is -2.16. The largest absolute Gasteiger partial charge is 0.433 e. The van der Waals surface area contributed by atoms with Crippen molar-refractivity contribution in [1.82, 2.24) is 20.5 Å². The summed E-state index contributed by atoms with van der Waals surface area (Å²) >= 11 is 0.